The minimum absolute atomic E-state index is 0.0442. The fourth-order valence-corrected chi connectivity index (χ4v) is 1.65. The first-order valence-corrected chi connectivity index (χ1v) is 6.06. The van der Waals surface area contributed by atoms with E-state index >= 15 is 0 Å². The number of hydrogen-bond donors (Lipinski definition) is 1. The second kappa shape index (κ2) is 4.86. The number of nitrogens with zero attached hydrogens (tertiary/aromatic N) is 4. The van der Waals surface area contributed by atoms with E-state index in [0.29, 0.717) is 6.54 Å². The molecule has 0 radical (unpaired) electrons. The van der Waals surface area contributed by atoms with Crippen molar-refractivity contribution in [2.24, 2.45) is 0 Å². The molecule has 0 unspecified atom stereocenters. The number of rotatable bonds is 3. The van der Waals surface area contributed by atoms with Crippen molar-refractivity contribution in [3.63, 3.8) is 0 Å². The van der Waals surface area contributed by atoms with E-state index in [4.69, 9.17) is 0 Å². The van der Waals surface area contributed by atoms with Crippen LogP contribution < -0.4 is 5.32 Å². The van der Waals surface area contributed by atoms with Crippen molar-refractivity contribution in [3.8, 4) is 5.69 Å². The topological polar surface area (TPSA) is 55.6 Å². The molecule has 1 N–H and O–H groups in total. The lowest BCUT2D eigenvalue weighted by atomic mass is 10.1. The van der Waals surface area contributed by atoms with Gasteiger partial charge in [-0.25, -0.2) is 0 Å². The van der Waals surface area contributed by atoms with Crippen LogP contribution in [0.3, 0.4) is 0 Å². The Morgan fingerprint density at radius 2 is 1.94 bits per heavy atom. The van der Waals surface area contributed by atoms with Crippen LogP contribution in [-0.2, 0) is 6.54 Å². The van der Waals surface area contributed by atoms with Gasteiger partial charge in [-0.2, -0.15) is 4.68 Å². The van der Waals surface area contributed by atoms with Gasteiger partial charge >= 0.3 is 0 Å². The lowest BCUT2D eigenvalue weighted by molar-refractivity contribution is 0.415. The quantitative estimate of drug-likeness (QED) is 0.896. The zero-order valence-electron chi connectivity index (χ0n) is 11.3. The molecule has 0 saturated heterocycles. The molecule has 0 spiro atoms. The highest BCUT2D eigenvalue weighted by molar-refractivity contribution is 5.39. The van der Waals surface area contributed by atoms with Crippen LogP contribution in [0.2, 0.25) is 0 Å². The summed E-state index contributed by atoms with van der Waals surface area (Å²) in [7, 11) is 0. The standard InChI is InChI=1S/C13H19N5/c1-10-7-5-6-8-11(10)18-12(15-16-17-18)9-14-13(2,3)4/h5-8,14H,9H2,1-4H3. The number of aryl methyl sites for hydroxylation is 1. The third-order valence-corrected chi connectivity index (χ3v) is 2.65. The molecule has 96 valence electrons. The van der Waals surface area contributed by atoms with Crippen LogP contribution in [0.4, 0.5) is 0 Å². The number of benzene rings is 1. The molecule has 0 saturated carbocycles. The second-order valence-corrected chi connectivity index (χ2v) is 5.40. The highest BCUT2D eigenvalue weighted by atomic mass is 15.5. The minimum Gasteiger partial charge on any atom is -0.305 e. The average Bonchev–Trinajstić information content (AvgIpc) is 2.74. The van der Waals surface area contributed by atoms with Gasteiger partial charge in [-0.05, 0) is 49.8 Å². The van der Waals surface area contributed by atoms with Crippen LogP contribution in [0.15, 0.2) is 24.3 Å². The molecule has 0 fully saturated rings. The molecule has 0 aliphatic rings. The normalized spacial score (nSPS) is 11.8. The van der Waals surface area contributed by atoms with Crippen LogP contribution >= 0.6 is 0 Å². The van der Waals surface area contributed by atoms with Crippen molar-refractivity contribution in [3.05, 3.63) is 35.7 Å². The summed E-state index contributed by atoms with van der Waals surface area (Å²) in [5.41, 5.74) is 2.22. The molecule has 1 aromatic carbocycles. The fraction of sp³-hybridized carbons (Fsp3) is 0.462. The van der Waals surface area contributed by atoms with E-state index < -0.39 is 0 Å². The number of tetrazole rings is 1. The summed E-state index contributed by atoms with van der Waals surface area (Å²) in [6, 6.07) is 8.07. The summed E-state index contributed by atoms with van der Waals surface area (Å²) in [5.74, 6) is 0.819. The monoisotopic (exact) mass is 245 g/mol. The molecule has 2 rings (SSSR count). The fourth-order valence-electron chi connectivity index (χ4n) is 1.65. The van der Waals surface area contributed by atoms with E-state index in [9.17, 15) is 0 Å². The molecule has 5 nitrogen and oxygen atoms in total. The van der Waals surface area contributed by atoms with Crippen LogP contribution in [0.25, 0.3) is 5.69 Å². The molecule has 5 heteroatoms. The van der Waals surface area contributed by atoms with Gasteiger partial charge in [0.05, 0.1) is 12.2 Å². The van der Waals surface area contributed by atoms with Gasteiger partial charge in [0.25, 0.3) is 0 Å². The molecule has 1 aromatic heterocycles. The van der Waals surface area contributed by atoms with Gasteiger partial charge in [0, 0.05) is 5.54 Å². The Bertz CT molecular complexity index is 524. The molecule has 0 bridgehead atoms. The molecule has 18 heavy (non-hydrogen) atoms. The summed E-state index contributed by atoms with van der Waals surface area (Å²) >= 11 is 0. The zero-order valence-corrected chi connectivity index (χ0v) is 11.3. The Kier molecular flexibility index (Phi) is 3.43. The first-order valence-electron chi connectivity index (χ1n) is 6.06. The smallest absolute Gasteiger partial charge is 0.170 e. The Hall–Kier alpha value is -1.75. The SMILES string of the molecule is Cc1ccccc1-n1nnnc1CNC(C)(C)C. The summed E-state index contributed by atoms with van der Waals surface area (Å²) in [5, 5.41) is 15.3. The van der Waals surface area contributed by atoms with Gasteiger partial charge in [0.1, 0.15) is 0 Å². The highest BCUT2D eigenvalue weighted by Gasteiger charge is 2.14. The molecule has 1 heterocycles. The van der Waals surface area contributed by atoms with Crippen LogP contribution in [0, 0.1) is 6.92 Å². The van der Waals surface area contributed by atoms with Crippen molar-refractivity contribution in [2.45, 2.75) is 39.8 Å². The van der Waals surface area contributed by atoms with E-state index in [1.807, 2.05) is 18.2 Å². The van der Waals surface area contributed by atoms with E-state index in [-0.39, 0.29) is 5.54 Å². The summed E-state index contributed by atoms with van der Waals surface area (Å²) < 4.78 is 1.79. The number of para-hydroxylation sites is 1. The lowest BCUT2D eigenvalue weighted by Gasteiger charge is -2.20. The zero-order chi connectivity index (χ0) is 13.2. The van der Waals surface area contributed by atoms with Gasteiger partial charge < -0.3 is 5.32 Å². The molecule has 0 aliphatic carbocycles. The van der Waals surface area contributed by atoms with Crippen LogP contribution in [0.1, 0.15) is 32.2 Å². The molecular weight excluding hydrogens is 226 g/mol. The highest BCUT2D eigenvalue weighted by Crippen LogP contribution is 2.13. The second-order valence-electron chi connectivity index (χ2n) is 5.40. The van der Waals surface area contributed by atoms with E-state index in [2.05, 4.69) is 54.6 Å². The van der Waals surface area contributed by atoms with Gasteiger partial charge in [0.2, 0.25) is 0 Å². The Balaban J connectivity index is 2.26. The van der Waals surface area contributed by atoms with Crippen molar-refractivity contribution in [1.29, 1.82) is 0 Å². The van der Waals surface area contributed by atoms with Gasteiger partial charge in [-0.1, -0.05) is 18.2 Å². The maximum atomic E-state index is 4.08. The predicted molar refractivity (Wildman–Crippen MR) is 70.5 cm³/mol. The summed E-state index contributed by atoms with van der Waals surface area (Å²) in [6.07, 6.45) is 0. The van der Waals surface area contributed by atoms with Crippen molar-refractivity contribution in [2.75, 3.05) is 0 Å². The Labute approximate surface area is 107 Å². The van der Waals surface area contributed by atoms with E-state index in [1.54, 1.807) is 4.68 Å². The van der Waals surface area contributed by atoms with Crippen molar-refractivity contribution in [1.82, 2.24) is 25.5 Å². The van der Waals surface area contributed by atoms with Crippen LogP contribution in [-0.4, -0.2) is 25.7 Å². The largest absolute Gasteiger partial charge is 0.305 e. The maximum Gasteiger partial charge on any atom is 0.170 e. The summed E-state index contributed by atoms with van der Waals surface area (Å²) in [4.78, 5) is 0. The van der Waals surface area contributed by atoms with Crippen LogP contribution in [0.5, 0.6) is 0 Å². The third-order valence-electron chi connectivity index (χ3n) is 2.65. The number of nitrogens with one attached hydrogen (secondary N) is 1. The number of aromatic nitrogens is 4. The van der Waals surface area contributed by atoms with E-state index in [1.165, 1.54) is 0 Å². The van der Waals surface area contributed by atoms with E-state index in [0.717, 1.165) is 17.1 Å². The molecule has 0 atom stereocenters. The summed E-state index contributed by atoms with van der Waals surface area (Å²) in [6.45, 7) is 9.06. The minimum atomic E-state index is 0.0442. The molecule has 0 amide bonds. The molecular formula is C13H19N5. The lowest BCUT2D eigenvalue weighted by Crippen LogP contribution is -2.36. The van der Waals surface area contributed by atoms with Gasteiger partial charge in [-0.15, -0.1) is 5.10 Å². The van der Waals surface area contributed by atoms with Crippen molar-refractivity contribution < 1.29 is 0 Å². The number of hydrogen-bond acceptors (Lipinski definition) is 4. The average molecular weight is 245 g/mol. The van der Waals surface area contributed by atoms with Crippen molar-refractivity contribution >= 4 is 0 Å². The molecule has 0 aliphatic heterocycles. The molecule has 2 aromatic rings. The Morgan fingerprint density at radius 1 is 1.22 bits per heavy atom. The predicted octanol–water partition coefficient (Wildman–Crippen LogP) is 1.86. The first kappa shape index (κ1) is 12.7. The van der Waals surface area contributed by atoms with Gasteiger partial charge in [-0.3, -0.25) is 0 Å². The Morgan fingerprint density at radius 3 is 2.61 bits per heavy atom. The first-order chi connectivity index (χ1) is 8.47. The maximum absolute atomic E-state index is 4.08. The van der Waals surface area contributed by atoms with Gasteiger partial charge in [0.15, 0.2) is 5.82 Å². The third kappa shape index (κ3) is 2.92.